The van der Waals surface area contributed by atoms with Crippen molar-refractivity contribution in [2.45, 2.75) is 12.8 Å². The minimum atomic E-state index is 0.0960. The van der Waals surface area contributed by atoms with Crippen LogP contribution < -0.4 is 10.6 Å². The first-order valence-corrected chi connectivity index (χ1v) is 8.63. The molecule has 0 bridgehead atoms. The number of halogens is 1. The Morgan fingerprint density at radius 1 is 1.00 bits per heavy atom. The number of benzene rings is 2. The molecule has 0 saturated carbocycles. The molecule has 1 aliphatic rings. The van der Waals surface area contributed by atoms with Gasteiger partial charge in [0.05, 0.1) is 0 Å². The van der Waals surface area contributed by atoms with Crippen molar-refractivity contribution in [2.24, 2.45) is 0 Å². The molecule has 0 aromatic heterocycles. The number of anilines is 2. The number of hydrogen-bond acceptors (Lipinski definition) is 2. The zero-order valence-corrected chi connectivity index (χ0v) is 14.7. The van der Waals surface area contributed by atoms with Crippen LogP contribution in [-0.4, -0.2) is 29.0 Å². The molecule has 0 aliphatic carbocycles. The van der Waals surface area contributed by atoms with Gasteiger partial charge in [-0.3, -0.25) is 4.79 Å². The molecule has 0 atom stereocenters. The fraction of sp³-hybridized carbons (Fsp3) is 0.222. The Bertz CT molecular complexity index is 742. The number of nitrogens with zero attached hydrogens (tertiary/aromatic N) is 1. The summed E-state index contributed by atoms with van der Waals surface area (Å²) in [5.74, 6) is 0.0960. The molecule has 1 heterocycles. The van der Waals surface area contributed by atoms with Gasteiger partial charge in [-0.2, -0.15) is 0 Å². The third-order valence-electron chi connectivity index (χ3n) is 3.87. The topological polar surface area (TPSA) is 44.4 Å². The second kappa shape index (κ2) is 7.64. The molecule has 3 rings (SSSR count). The highest BCUT2D eigenvalue weighted by Gasteiger charge is 2.19. The van der Waals surface area contributed by atoms with E-state index in [1.807, 2.05) is 41.3 Å². The highest BCUT2D eigenvalue weighted by molar-refractivity contribution is 7.80. The molecule has 0 unspecified atom stereocenters. The Morgan fingerprint density at radius 2 is 1.67 bits per heavy atom. The summed E-state index contributed by atoms with van der Waals surface area (Å²) in [6.07, 6.45) is 2.18. The first-order valence-electron chi connectivity index (χ1n) is 7.85. The number of rotatable bonds is 3. The van der Waals surface area contributed by atoms with Crippen molar-refractivity contribution in [1.29, 1.82) is 0 Å². The third kappa shape index (κ3) is 4.24. The van der Waals surface area contributed by atoms with Crippen LogP contribution in [0.5, 0.6) is 0 Å². The van der Waals surface area contributed by atoms with Crippen LogP contribution in [0.25, 0.3) is 0 Å². The molecule has 4 nitrogen and oxygen atoms in total. The van der Waals surface area contributed by atoms with Gasteiger partial charge in [0.1, 0.15) is 0 Å². The van der Waals surface area contributed by atoms with E-state index in [0.29, 0.717) is 15.7 Å². The molecule has 1 aliphatic heterocycles. The fourth-order valence-electron chi connectivity index (χ4n) is 2.66. The van der Waals surface area contributed by atoms with Gasteiger partial charge in [-0.25, -0.2) is 0 Å². The number of nitrogens with one attached hydrogen (secondary N) is 2. The first-order chi connectivity index (χ1) is 11.6. The van der Waals surface area contributed by atoms with Crippen molar-refractivity contribution >= 4 is 46.2 Å². The monoisotopic (exact) mass is 359 g/mol. The molecule has 0 radical (unpaired) electrons. The second-order valence-corrected chi connectivity index (χ2v) is 6.51. The Balaban J connectivity index is 1.59. The summed E-state index contributed by atoms with van der Waals surface area (Å²) in [4.78, 5) is 14.2. The normalized spacial score (nSPS) is 13.6. The Kier molecular flexibility index (Phi) is 5.33. The van der Waals surface area contributed by atoms with Gasteiger partial charge in [-0.1, -0.05) is 17.7 Å². The van der Waals surface area contributed by atoms with E-state index in [4.69, 9.17) is 23.8 Å². The summed E-state index contributed by atoms with van der Waals surface area (Å²) in [5.41, 5.74) is 2.35. The van der Waals surface area contributed by atoms with Crippen LogP contribution in [0.2, 0.25) is 5.02 Å². The van der Waals surface area contributed by atoms with E-state index in [9.17, 15) is 4.79 Å². The van der Waals surface area contributed by atoms with Gasteiger partial charge >= 0.3 is 0 Å². The molecule has 2 aromatic carbocycles. The molecule has 2 aromatic rings. The quantitative estimate of drug-likeness (QED) is 0.798. The molecule has 1 fully saturated rings. The molecule has 124 valence electrons. The van der Waals surface area contributed by atoms with E-state index < -0.39 is 0 Å². The maximum absolute atomic E-state index is 12.3. The largest absolute Gasteiger partial charge is 0.339 e. The first kappa shape index (κ1) is 16.7. The predicted molar refractivity (Wildman–Crippen MR) is 103 cm³/mol. The number of thiocarbonyl (C=S) groups is 1. The van der Waals surface area contributed by atoms with Crippen molar-refractivity contribution in [1.82, 2.24) is 4.90 Å². The summed E-state index contributed by atoms with van der Waals surface area (Å²) < 4.78 is 0. The zero-order chi connectivity index (χ0) is 16.9. The number of carbonyl (C=O) groups is 1. The van der Waals surface area contributed by atoms with Gasteiger partial charge in [0.2, 0.25) is 0 Å². The Hall–Kier alpha value is -2.11. The van der Waals surface area contributed by atoms with Crippen molar-refractivity contribution in [3.05, 3.63) is 59.1 Å². The SMILES string of the molecule is O=C(c1ccc(NC(=S)Nc2cccc(Cl)c2)cc1)N1CCCC1. The van der Waals surface area contributed by atoms with Crippen molar-refractivity contribution in [3.8, 4) is 0 Å². The predicted octanol–water partition coefficient (Wildman–Crippen LogP) is 4.38. The lowest BCUT2D eigenvalue weighted by molar-refractivity contribution is 0.0793. The van der Waals surface area contributed by atoms with Gasteiger partial charge < -0.3 is 15.5 Å². The van der Waals surface area contributed by atoms with E-state index in [-0.39, 0.29) is 5.91 Å². The van der Waals surface area contributed by atoms with Gasteiger partial charge in [-0.05, 0) is 67.5 Å². The summed E-state index contributed by atoms with van der Waals surface area (Å²) >= 11 is 11.2. The van der Waals surface area contributed by atoms with E-state index in [0.717, 1.165) is 37.3 Å². The number of likely N-dealkylation sites (tertiary alicyclic amines) is 1. The summed E-state index contributed by atoms with van der Waals surface area (Å²) in [6.45, 7) is 1.71. The smallest absolute Gasteiger partial charge is 0.253 e. The number of hydrogen-bond donors (Lipinski definition) is 2. The average Bonchev–Trinajstić information content (AvgIpc) is 3.09. The molecule has 6 heteroatoms. The van der Waals surface area contributed by atoms with Crippen LogP contribution in [0.1, 0.15) is 23.2 Å². The second-order valence-electron chi connectivity index (χ2n) is 5.67. The van der Waals surface area contributed by atoms with Crippen LogP contribution >= 0.6 is 23.8 Å². The van der Waals surface area contributed by atoms with E-state index in [2.05, 4.69) is 10.6 Å². The van der Waals surface area contributed by atoms with Crippen LogP contribution in [0.3, 0.4) is 0 Å². The Labute approximate surface area is 151 Å². The van der Waals surface area contributed by atoms with Gasteiger partial charge in [0, 0.05) is 35.1 Å². The van der Waals surface area contributed by atoms with Crippen LogP contribution in [0.4, 0.5) is 11.4 Å². The van der Waals surface area contributed by atoms with E-state index in [1.54, 1.807) is 12.1 Å². The van der Waals surface area contributed by atoms with E-state index >= 15 is 0 Å². The highest BCUT2D eigenvalue weighted by atomic mass is 35.5. The standard InChI is InChI=1S/C18H18ClN3OS/c19-14-4-3-5-16(12-14)21-18(24)20-15-8-6-13(7-9-15)17(23)22-10-1-2-11-22/h3-9,12H,1-2,10-11H2,(H2,20,21,24). The summed E-state index contributed by atoms with van der Waals surface area (Å²) in [6, 6.07) is 14.7. The molecular weight excluding hydrogens is 342 g/mol. The van der Waals surface area contributed by atoms with Gasteiger partial charge in [-0.15, -0.1) is 0 Å². The summed E-state index contributed by atoms with van der Waals surface area (Å²) in [7, 11) is 0. The molecular formula is C18H18ClN3OS. The molecule has 2 N–H and O–H groups in total. The minimum Gasteiger partial charge on any atom is -0.339 e. The molecule has 0 spiro atoms. The van der Waals surface area contributed by atoms with Crippen LogP contribution in [-0.2, 0) is 0 Å². The van der Waals surface area contributed by atoms with Gasteiger partial charge in [0.25, 0.3) is 5.91 Å². The number of carbonyl (C=O) groups excluding carboxylic acids is 1. The molecule has 1 saturated heterocycles. The molecule has 24 heavy (non-hydrogen) atoms. The minimum absolute atomic E-state index is 0.0960. The summed E-state index contributed by atoms with van der Waals surface area (Å²) in [5, 5.41) is 7.29. The van der Waals surface area contributed by atoms with Gasteiger partial charge in [0.15, 0.2) is 5.11 Å². The third-order valence-corrected chi connectivity index (χ3v) is 4.30. The maximum Gasteiger partial charge on any atom is 0.253 e. The Morgan fingerprint density at radius 3 is 2.33 bits per heavy atom. The van der Waals surface area contributed by atoms with Crippen molar-refractivity contribution < 1.29 is 4.79 Å². The average molecular weight is 360 g/mol. The van der Waals surface area contributed by atoms with Crippen LogP contribution in [0.15, 0.2) is 48.5 Å². The van der Waals surface area contributed by atoms with E-state index in [1.165, 1.54) is 0 Å². The molecule has 1 amide bonds. The van der Waals surface area contributed by atoms with Crippen molar-refractivity contribution in [3.63, 3.8) is 0 Å². The maximum atomic E-state index is 12.3. The fourth-order valence-corrected chi connectivity index (χ4v) is 3.08. The lowest BCUT2D eigenvalue weighted by atomic mass is 10.2. The highest BCUT2D eigenvalue weighted by Crippen LogP contribution is 2.17. The lowest BCUT2D eigenvalue weighted by Crippen LogP contribution is -2.27. The van der Waals surface area contributed by atoms with Crippen molar-refractivity contribution in [2.75, 3.05) is 23.7 Å². The zero-order valence-electron chi connectivity index (χ0n) is 13.1. The number of amides is 1. The lowest BCUT2D eigenvalue weighted by Gasteiger charge is -2.15. The van der Waals surface area contributed by atoms with Crippen LogP contribution in [0, 0.1) is 0 Å².